The molecule has 1 N–H and O–H groups in total. The maximum absolute atomic E-state index is 12.2. The van der Waals surface area contributed by atoms with Gasteiger partial charge in [-0.05, 0) is 30.7 Å². The van der Waals surface area contributed by atoms with Crippen LogP contribution in [0.2, 0.25) is 0 Å². The normalized spacial score (nSPS) is 10.3. The van der Waals surface area contributed by atoms with Gasteiger partial charge < -0.3 is 10.1 Å². The van der Waals surface area contributed by atoms with Crippen LogP contribution in [0.1, 0.15) is 12.5 Å². The summed E-state index contributed by atoms with van der Waals surface area (Å²) in [6, 6.07) is 20.8. The molecule has 3 aromatic rings. The molecule has 126 valence electrons. The summed E-state index contributed by atoms with van der Waals surface area (Å²) < 4.78 is 5.30. The summed E-state index contributed by atoms with van der Waals surface area (Å²) in [7, 11) is 0. The molecule has 1 aromatic heterocycles. The van der Waals surface area contributed by atoms with Crippen molar-refractivity contribution in [3.05, 3.63) is 72.3 Å². The minimum absolute atomic E-state index is 0.0545. The lowest BCUT2D eigenvalue weighted by Crippen LogP contribution is -2.14. The molecule has 0 saturated carbocycles. The van der Waals surface area contributed by atoms with E-state index >= 15 is 0 Å². The first kappa shape index (κ1) is 16.6. The van der Waals surface area contributed by atoms with Crippen molar-refractivity contribution in [2.45, 2.75) is 13.3 Å². The Bertz CT molecular complexity index is 833. The number of aromatic nitrogens is 2. The van der Waals surface area contributed by atoms with Gasteiger partial charge in [0, 0.05) is 17.3 Å². The van der Waals surface area contributed by atoms with Crippen molar-refractivity contribution in [3.63, 3.8) is 0 Å². The fourth-order valence-electron chi connectivity index (χ4n) is 2.44. The molecule has 0 unspecified atom stereocenters. The number of hydrogen-bond donors (Lipinski definition) is 1. The first-order valence-electron chi connectivity index (χ1n) is 8.15. The highest BCUT2D eigenvalue weighted by atomic mass is 16.5. The first-order valence-corrected chi connectivity index (χ1v) is 8.15. The molecule has 0 spiro atoms. The average Bonchev–Trinajstić information content (AvgIpc) is 2.63. The highest BCUT2D eigenvalue weighted by molar-refractivity contribution is 5.92. The third kappa shape index (κ3) is 4.64. The third-order valence-corrected chi connectivity index (χ3v) is 3.58. The molecule has 0 aliphatic heterocycles. The second-order valence-electron chi connectivity index (χ2n) is 5.48. The summed E-state index contributed by atoms with van der Waals surface area (Å²) in [5, 5.41) is 11.1. The van der Waals surface area contributed by atoms with Crippen LogP contribution in [-0.2, 0) is 11.2 Å². The molecule has 5 nitrogen and oxygen atoms in total. The molecule has 0 saturated heterocycles. The smallest absolute Gasteiger partial charge is 0.233 e. The van der Waals surface area contributed by atoms with E-state index < -0.39 is 0 Å². The zero-order valence-electron chi connectivity index (χ0n) is 14.0. The largest absolute Gasteiger partial charge is 0.477 e. The number of nitrogens with zero attached hydrogens (tertiary/aromatic N) is 2. The summed E-state index contributed by atoms with van der Waals surface area (Å²) >= 11 is 0. The van der Waals surface area contributed by atoms with Crippen molar-refractivity contribution in [2.75, 3.05) is 11.9 Å². The molecule has 0 atom stereocenters. The van der Waals surface area contributed by atoms with E-state index in [1.807, 2.05) is 67.6 Å². The van der Waals surface area contributed by atoms with Gasteiger partial charge in [-0.2, -0.15) is 0 Å². The van der Waals surface area contributed by atoms with Crippen molar-refractivity contribution in [1.82, 2.24) is 10.2 Å². The second kappa shape index (κ2) is 8.06. The van der Waals surface area contributed by atoms with Gasteiger partial charge in [-0.25, -0.2) is 0 Å². The molecule has 1 amide bonds. The Kier molecular flexibility index (Phi) is 5.36. The van der Waals surface area contributed by atoms with Gasteiger partial charge in [0.05, 0.1) is 18.7 Å². The van der Waals surface area contributed by atoms with E-state index in [9.17, 15) is 4.79 Å². The van der Waals surface area contributed by atoms with Gasteiger partial charge in [0.25, 0.3) is 0 Å². The number of ether oxygens (including phenoxy) is 1. The van der Waals surface area contributed by atoms with E-state index in [4.69, 9.17) is 4.74 Å². The zero-order valence-corrected chi connectivity index (χ0v) is 14.0. The Balaban J connectivity index is 1.69. The summed E-state index contributed by atoms with van der Waals surface area (Å²) in [5.41, 5.74) is 3.32. The number of nitrogens with one attached hydrogen (secondary N) is 1. The Morgan fingerprint density at radius 3 is 2.56 bits per heavy atom. The Hall–Kier alpha value is -3.21. The second-order valence-corrected chi connectivity index (χ2v) is 5.48. The summed E-state index contributed by atoms with van der Waals surface area (Å²) in [4.78, 5) is 12.2. The number of carbonyl (C=O) groups is 1. The quantitative estimate of drug-likeness (QED) is 0.746. The molecule has 5 heteroatoms. The molecule has 3 rings (SSSR count). The van der Waals surface area contributed by atoms with Crippen LogP contribution < -0.4 is 10.1 Å². The standard InChI is InChI=1S/C20H19N3O2/c1-2-25-20-12-11-18(22-23-20)16-9-6-10-17(14-16)21-19(24)13-15-7-4-3-5-8-15/h3-12,14H,2,13H2,1H3,(H,21,24). The average molecular weight is 333 g/mol. The third-order valence-electron chi connectivity index (χ3n) is 3.58. The lowest BCUT2D eigenvalue weighted by Gasteiger charge is -2.08. The maximum Gasteiger partial charge on any atom is 0.233 e. The van der Waals surface area contributed by atoms with Crippen molar-refractivity contribution in [1.29, 1.82) is 0 Å². The highest BCUT2D eigenvalue weighted by Gasteiger charge is 2.06. The predicted octanol–water partition coefficient (Wildman–Crippen LogP) is 3.72. The molecule has 1 heterocycles. The number of carbonyl (C=O) groups excluding carboxylic acids is 1. The molecule has 0 aliphatic carbocycles. The van der Waals surface area contributed by atoms with Gasteiger partial charge >= 0.3 is 0 Å². The Morgan fingerprint density at radius 2 is 1.84 bits per heavy atom. The van der Waals surface area contributed by atoms with E-state index in [2.05, 4.69) is 15.5 Å². The Morgan fingerprint density at radius 1 is 1.00 bits per heavy atom. The minimum atomic E-state index is -0.0545. The summed E-state index contributed by atoms with van der Waals surface area (Å²) in [6.07, 6.45) is 0.341. The zero-order chi connectivity index (χ0) is 17.5. The van der Waals surface area contributed by atoms with Crippen LogP contribution in [0.25, 0.3) is 11.3 Å². The summed E-state index contributed by atoms with van der Waals surface area (Å²) in [5.74, 6) is 0.444. The van der Waals surface area contributed by atoms with Crippen LogP contribution in [0, 0.1) is 0 Å². The van der Waals surface area contributed by atoms with E-state index in [0.717, 1.165) is 22.5 Å². The van der Waals surface area contributed by atoms with Gasteiger partial charge in [-0.1, -0.05) is 42.5 Å². The lowest BCUT2D eigenvalue weighted by atomic mass is 10.1. The monoisotopic (exact) mass is 333 g/mol. The number of rotatable bonds is 6. The SMILES string of the molecule is CCOc1ccc(-c2cccc(NC(=O)Cc3ccccc3)c2)nn1. The number of benzene rings is 2. The molecule has 0 bridgehead atoms. The molecule has 0 fully saturated rings. The van der Waals surface area contributed by atoms with Crippen molar-refractivity contribution in [3.8, 4) is 17.1 Å². The lowest BCUT2D eigenvalue weighted by molar-refractivity contribution is -0.115. The van der Waals surface area contributed by atoms with E-state index in [0.29, 0.717) is 18.9 Å². The molecular weight excluding hydrogens is 314 g/mol. The summed E-state index contributed by atoms with van der Waals surface area (Å²) in [6.45, 7) is 2.45. The van der Waals surface area contributed by atoms with Gasteiger partial charge in [0.1, 0.15) is 0 Å². The van der Waals surface area contributed by atoms with Crippen molar-refractivity contribution < 1.29 is 9.53 Å². The fourth-order valence-corrected chi connectivity index (χ4v) is 2.44. The van der Waals surface area contributed by atoms with Crippen LogP contribution >= 0.6 is 0 Å². The van der Waals surface area contributed by atoms with E-state index in [1.165, 1.54) is 0 Å². The number of anilines is 1. The van der Waals surface area contributed by atoms with Gasteiger partial charge in [-0.15, -0.1) is 10.2 Å². The topological polar surface area (TPSA) is 64.1 Å². The Labute approximate surface area is 146 Å². The maximum atomic E-state index is 12.2. The van der Waals surface area contributed by atoms with Crippen molar-refractivity contribution in [2.24, 2.45) is 0 Å². The van der Waals surface area contributed by atoms with Gasteiger partial charge in [-0.3, -0.25) is 4.79 Å². The van der Waals surface area contributed by atoms with Gasteiger partial charge in [0.2, 0.25) is 11.8 Å². The van der Waals surface area contributed by atoms with Crippen molar-refractivity contribution >= 4 is 11.6 Å². The van der Waals surface area contributed by atoms with Crippen LogP contribution in [0.4, 0.5) is 5.69 Å². The fraction of sp³-hybridized carbons (Fsp3) is 0.150. The minimum Gasteiger partial charge on any atom is -0.477 e. The van der Waals surface area contributed by atoms with Crippen LogP contribution in [-0.4, -0.2) is 22.7 Å². The van der Waals surface area contributed by atoms with E-state index in [-0.39, 0.29) is 5.91 Å². The number of amides is 1. The molecule has 0 aliphatic rings. The molecular formula is C20H19N3O2. The predicted molar refractivity (Wildman–Crippen MR) is 97.4 cm³/mol. The molecule has 25 heavy (non-hydrogen) atoms. The highest BCUT2D eigenvalue weighted by Crippen LogP contribution is 2.21. The molecule has 2 aromatic carbocycles. The first-order chi connectivity index (χ1) is 12.2. The van der Waals surface area contributed by atoms with E-state index in [1.54, 1.807) is 6.07 Å². The number of hydrogen-bond acceptors (Lipinski definition) is 4. The molecule has 0 radical (unpaired) electrons. The van der Waals surface area contributed by atoms with Gasteiger partial charge in [0.15, 0.2) is 0 Å². The van der Waals surface area contributed by atoms with Crippen LogP contribution in [0.5, 0.6) is 5.88 Å². The van der Waals surface area contributed by atoms with Crippen LogP contribution in [0.15, 0.2) is 66.7 Å². The van der Waals surface area contributed by atoms with Crippen LogP contribution in [0.3, 0.4) is 0 Å².